The van der Waals surface area contributed by atoms with Crippen LogP contribution in [0.3, 0.4) is 0 Å². The zero-order chi connectivity index (χ0) is 21.9. The Morgan fingerprint density at radius 3 is 2.13 bits per heavy atom. The number of pyridine rings is 1. The molecule has 0 unspecified atom stereocenters. The van der Waals surface area contributed by atoms with Gasteiger partial charge in [-0.1, -0.05) is 35.3 Å². The maximum atomic E-state index is 12.5. The second-order valence-electron chi connectivity index (χ2n) is 6.81. The molecule has 30 heavy (non-hydrogen) atoms. The van der Waals surface area contributed by atoms with Gasteiger partial charge in [-0.25, -0.2) is 8.42 Å². The summed E-state index contributed by atoms with van der Waals surface area (Å²) in [4.78, 5) is 18.0. The number of ketones is 1. The molecule has 0 bridgehead atoms. The van der Waals surface area contributed by atoms with Crippen molar-refractivity contribution in [2.45, 2.75) is 22.6 Å². The number of hydrogen-bond donors (Lipinski definition) is 0. The molecule has 2 aromatic carbocycles. The summed E-state index contributed by atoms with van der Waals surface area (Å²) in [6, 6.07) is 13.6. The number of sulfone groups is 1. The molecule has 0 atom stereocenters. The van der Waals surface area contributed by atoms with E-state index in [1.165, 1.54) is 12.1 Å². The van der Waals surface area contributed by atoms with Crippen LogP contribution >= 0.6 is 35.0 Å². The number of halogens is 2. The van der Waals surface area contributed by atoms with Crippen LogP contribution in [0.5, 0.6) is 0 Å². The third-order valence-corrected chi connectivity index (χ3v) is 6.92. The zero-order valence-electron chi connectivity index (χ0n) is 16.4. The predicted molar refractivity (Wildman–Crippen MR) is 123 cm³/mol. The Morgan fingerprint density at radius 2 is 1.63 bits per heavy atom. The predicted octanol–water partition coefficient (Wildman–Crippen LogP) is 5.54. The average Bonchev–Trinajstić information content (AvgIpc) is 2.67. The topological polar surface area (TPSA) is 64.1 Å². The summed E-state index contributed by atoms with van der Waals surface area (Å²) in [5.74, 6) is 0.0109. The van der Waals surface area contributed by atoms with Crippen LogP contribution in [0.2, 0.25) is 10.0 Å². The van der Waals surface area contributed by atoms with Crippen molar-refractivity contribution in [2.24, 2.45) is 0 Å². The number of nitrogens with zero attached hydrogens (tertiary/aromatic N) is 1. The fourth-order valence-corrected chi connectivity index (χ4v) is 4.74. The van der Waals surface area contributed by atoms with E-state index in [0.29, 0.717) is 26.7 Å². The minimum absolute atomic E-state index is 0.0109. The summed E-state index contributed by atoms with van der Waals surface area (Å²) in [6.07, 6.45) is 5.31. The van der Waals surface area contributed by atoms with E-state index in [0.717, 1.165) is 16.8 Å². The molecule has 1 heterocycles. The Bertz CT molecular complexity index is 1150. The molecule has 0 saturated heterocycles. The lowest BCUT2D eigenvalue weighted by molar-refractivity contribution is -0.117. The molecule has 0 aliphatic carbocycles. The number of carbonyl (C=O) groups is 1. The minimum atomic E-state index is -3.28. The highest BCUT2D eigenvalue weighted by Gasteiger charge is 2.15. The first-order chi connectivity index (χ1) is 14.2. The Morgan fingerprint density at radius 1 is 1.00 bits per heavy atom. The van der Waals surface area contributed by atoms with E-state index in [2.05, 4.69) is 4.98 Å². The standard InChI is InChI=1S/C22H19Cl2NO3S2/c1-29-18-6-5-16(25-13-18)12-17(26)9-14-10-20(23)22(21(24)11-14)15-3-7-19(8-4-15)30(2,27)28/h3-8,10-11,13H,9,12H2,1-2H3. The highest BCUT2D eigenvalue weighted by molar-refractivity contribution is 7.98. The van der Waals surface area contributed by atoms with Gasteiger partial charge in [0.25, 0.3) is 0 Å². The van der Waals surface area contributed by atoms with Crippen LogP contribution in [0.25, 0.3) is 11.1 Å². The van der Waals surface area contributed by atoms with Gasteiger partial charge in [0.05, 0.1) is 14.9 Å². The molecule has 0 N–H and O–H groups in total. The second kappa shape index (κ2) is 9.52. The number of rotatable bonds is 7. The lowest BCUT2D eigenvalue weighted by atomic mass is 10.0. The van der Waals surface area contributed by atoms with Gasteiger partial charge in [0, 0.05) is 41.4 Å². The van der Waals surface area contributed by atoms with Gasteiger partial charge in [-0.2, -0.15) is 0 Å². The molecule has 0 aliphatic heterocycles. The molecule has 4 nitrogen and oxygen atoms in total. The number of thioether (sulfide) groups is 1. The third-order valence-electron chi connectivity index (χ3n) is 4.49. The Balaban J connectivity index is 1.77. The number of hydrogen-bond acceptors (Lipinski definition) is 5. The fourth-order valence-electron chi connectivity index (χ4n) is 3.00. The van der Waals surface area contributed by atoms with Gasteiger partial charge in [0.1, 0.15) is 5.78 Å². The van der Waals surface area contributed by atoms with E-state index >= 15 is 0 Å². The normalized spacial score (nSPS) is 11.5. The summed E-state index contributed by atoms with van der Waals surface area (Å²) < 4.78 is 23.3. The summed E-state index contributed by atoms with van der Waals surface area (Å²) in [5, 5.41) is 0.805. The van der Waals surface area contributed by atoms with Crippen molar-refractivity contribution in [1.29, 1.82) is 0 Å². The van der Waals surface area contributed by atoms with Crippen LogP contribution in [0.1, 0.15) is 11.3 Å². The van der Waals surface area contributed by atoms with Crippen LogP contribution in [0, 0.1) is 0 Å². The summed E-state index contributed by atoms with van der Waals surface area (Å²) in [5.41, 5.74) is 2.74. The lowest BCUT2D eigenvalue weighted by Gasteiger charge is -2.11. The van der Waals surface area contributed by atoms with Gasteiger partial charge in [-0.05, 0) is 53.8 Å². The monoisotopic (exact) mass is 479 g/mol. The van der Waals surface area contributed by atoms with E-state index in [4.69, 9.17) is 23.2 Å². The van der Waals surface area contributed by atoms with Gasteiger partial charge in [-0.3, -0.25) is 9.78 Å². The molecule has 0 spiro atoms. The lowest BCUT2D eigenvalue weighted by Crippen LogP contribution is -2.08. The molecule has 0 amide bonds. The van der Waals surface area contributed by atoms with Crippen LogP contribution in [0.15, 0.2) is 64.5 Å². The number of carbonyl (C=O) groups excluding carboxylic acids is 1. The van der Waals surface area contributed by atoms with Crippen LogP contribution in [-0.4, -0.2) is 31.7 Å². The fraction of sp³-hybridized carbons (Fsp3) is 0.182. The smallest absolute Gasteiger partial charge is 0.175 e. The molecule has 0 aliphatic rings. The van der Waals surface area contributed by atoms with Crippen molar-refractivity contribution in [1.82, 2.24) is 4.98 Å². The van der Waals surface area contributed by atoms with Crippen molar-refractivity contribution in [2.75, 3.05) is 12.5 Å². The number of aromatic nitrogens is 1. The van der Waals surface area contributed by atoms with Crippen molar-refractivity contribution in [3.63, 3.8) is 0 Å². The van der Waals surface area contributed by atoms with E-state index in [1.807, 2.05) is 18.4 Å². The average molecular weight is 480 g/mol. The van der Waals surface area contributed by atoms with Crippen molar-refractivity contribution >= 4 is 50.6 Å². The van der Waals surface area contributed by atoms with Crippen LogP contribution in [-0.2, 0) is 27.5 Å². The van der Waals surface area contributed by atoms with E-state index < -0.39 is 9.84 Å². The first-order valence-electron chi connectivity index (χ1n) is 8.96. The molecular formula is C22H19Cl2NO3S2. The SMILES string of the molecule is CSc1ccc(CC(=O)Cc2cc(Cl)c(-c3ccc(S(C)(=O)=O)cc3)c(Cl)c2)nc1. The molecule has 8 heteroatoms. The summed E-state index contributed by atoms with van der Waals surface area (Å²) in [7, 11) is -3.28. The van der Waals surface area contributed by atoms with Gasteiger partial charge in [-0.15, -0.1) is 11.8 Å². The molecule has 0 fully saturated rings. The first kappa shape index (κ1) is 22.8. The maximum absolute atomic E-state index is 12.5. The highest BCUT2D eigenvalue weighted by atomic mass is 35.5. The second-order valence-corrected chi connectivity index (χ2v) is 10.5. The Labute approximate surface area is 190 Å². The summed E-state index contributed by atoms with van der Waals surface area (Å²) in [6.45, 7) is 0. The first-order valence-corrected chi connectivity index (χ1v) is 12.8. The molecular weight excluding hydrogens is 461 g/mol. The minimum Gasteiger partial charge on any atom is -0.299 e. The van der Waals surface area contributed by atoms with Gasteiger partial charge >= 0.3 is 0 Å². The Hall–Kier alpha value is -1.86. The van der Waals surface area contributed by atoms with Gasteiger partial charge in [0.2, 0.25) is 0 Å². The van der Waals surface area contributed by atoms with Crippen LogP contribution < -0.4 is 0 Å². The number of benzene rings is 2. The van der Waals surface area contributed by atoms with Crippen molar-refractivity contribution in [3.05, 3.63) is 76.0 Å². The number of Topliss-reactive ketones (excluding diaryl/α,β-unsaturated/α-hetero) is 1. The van der Waals surface area contributed by atoms with E-state index in [-0.39, 0.29) is 23.5 Å². The molecule has 0 radical (unpaired) electrons. The van der Waals surface area contributed by atoms with E-state index in [9.17, 15) is 13.2 Å². The van der Waals surface area contributed by atoms with Gasteiger partial charge < -0.3 is 0 Å². The molecule has 156 valence electrons. The van der Waals surface area contributed by atoms with Crippen molar-refractivity contribution in [3.8, 4) is 11.1 Å². The maximum Gasteiger partial charge on any atom is 0.175 e. The Kier molecular flexibility index (Phi) is 7.24. The molecule has 3 rings (SSSR count). The molecule has 3 aromatic rings. The van der Waals surface area contributed by atoms with Crippen molar-refractivity contribution < 1.29 is 13.2 Å². The van der Waals surface area contributed by atoms with Gasteiger partial charge in [0.15, 0.2) is 9.84 Å². The third kappa shape index (κ3) is 5.64. The molecule has 0 saturated carbocycles. The summed E-state index contributed by atoms with van der Waals surface area (Å²) >= 11 is 14.5. The quantitative estimate of drug-likeness (QED) is 0.416. The van der Waals surface area contributed by atoms with E-state index in [1.54, 1.807) is 42.2 Å². The van der Waals surface area contributed by atoms with Crippen LogP contribution in [0.4, 0.5) is 0 Å². The highest BCUT2D eigenvalue weighted by Crippen LogP contribution is 2.36. The molecule has 1 aromatic heterocycles. The zero-order valence-corrected chi connectivity index (χ0v) is 19.5. The largest absolute Gasteiger partial charge is 0.299 e.